The molecule has 0 aliphatic rings. The Morgan fingerprint density at radius 1 is 1.18 bits per heavy atom. The summed E-state index contributed by atoms with van der Waals surface area (Å²) in [6.45, 7) is 1.47. The molecule has 0 saturated heterocycles. The normalized spacial score (nSPS) is 11.9. The molecule has 0 aliphatic carbocycles. The van der Waals surface area contributed by atoms with Gasteiger partial charge >= 0.3 is 5.69 Å². The molecule has 0 radical (unpaired) electrons. The summed E-state index contributed by atoms with van der Waals surface area (Å²) in [4.78, 5) is 14.4. The van der Waals surface area contributed by atoms with Crippen molar-refractivity contribution in [1.82, 2.24) is 8.96 Å². The zero-order valence-electron chi connectivity index (χ0n) is 11.5. The number of nitrogens with zero attached hydrogens (tertiary/aromatic N) is 1. The van der Waals surface area contributed by atoms with E-state index in [4.69, 9.17) is 5.73 Å². The molecule has 0 atom stereocenters. The first-order valence-corrected chi connectivity index (χ1v) is 7.77. The minimum absolute atomic E-state index is 0.131. The highest BCUT2D eigenvalue weighted by molar-refractivity contribution is 7.90. The summed E-state index contributed by atoms with van der Waals surface area (Å²) in [5, 5.41) is 0. The van der Waals surface area contributed by atoms with Gasteiger partial charge in [0, 0.05) is 5.69 Å². The second kappa shape index (κ2) is 4.70. The van der Waals surface area contributed by atoms with Gasteiger partial charge in [-0.2, -0.15) is 3.97 Å². The number of aromatic nitrogens is 2. The number of hydrogen-bond acceptors (Lipinski definition) is 4. The average Bonchev–Trinajstić information content (AvgIpc) is 2.73. The summed E-state index contributed by atoms with van der Waals surface area (Å²) in [6, 6.07) is 7.70. The number of halogens is 1. The number of imidazole rings is 1. The summed E-state index contributed by atoms with van der Waals surface area (Å²) in [5.74, 6) is -0.546. The molecule has 3 rings (SSSR count). The van der Waals surface area contributed by atoms with Gasteiger partial charge in [0.2, 0.25) is 0 Å². The molecule has 22 heavy (non-hydrogen) atoms. The van der Waals surface area contributed by atoms with Crippen LogP contribution in [-0.4, -0.2) is 17.4 Å². The van der Waals surface area contributed by atoms with Crippen LogP contribution in [0.25, 0.3) is 11.0 Å². The molecule has 0 unspecified atom stereocenters. The number of aryl methyl sites for hydroxylation is 1. The summed E-state index contributed by atoms with van der Waals surface area (Å²) in [7, 11) is -4.15. The Morgan fingerprint density at radius 2 is 1.91 bits per heavy atom. The number of hydrogen-bond donors (Lipinski definition) is 2. The van der Waals surface area contributed by atoms with E-state index in [1.54, 1.807) is 0 Å². The van der Waals surface area contributed by atoms with E-state index in [0.29, 0.717) is 15.2 Å². The second-order valence-corrected chi connectivity index (χ2v) is 6.64. The van der Waals surface area contributed by atoms with E-state index in [1.165, 1.54) is 25.1 Å². The van der Waals surface area contributed by atoms with E-state index in [9.17, 15) is 17.6 Å². The summed E-state index contributed by atoms with van der Waals surface area (Å²) >= 11 is 0. The Bertz CT molecular complexity index is 1050. The third-order valence-electron chi connectivity index (χ3n) is 3.32. The highest BCUT2D eigenvalue weighted by atomic mass is 32.2. The first-order valence-electron chi connectivity index (χ1n) is 6.33. The fraction of sp³-hybridized carbons (Fsp3) is 0.0714. The molecule has 8 heteroatoms. The molecule has 3 N–H and O–H groups in total. The van der Waals surface area contributed by atoms with Gasteiger partial charge in [0.1, 0.15) is 5.82 Å². The monoisotopic (exact) mass is 321 g/mol. The van der Waals surface area contributed by atoms with Crippen molar-refractivity contribution in [3.8, 4) is 0 Å². The predicted molar refractivity (Wildman–Crippen MR) is 80.7 cm³/mol. The van der Waals surface area contributed by atoms with Crippen molar-refractivity contribution in [2.24, 2.45) is 0 Å². The number of anilines is 1. The quantitative estimate of drug-likeness (QED) is 0.700. The van der Waals surface area contributed by atoms with Crippen molar-refractivity contribution in [3.05, 3.63) is 58.3 Å². The summed E-state index contributed by atoms with van der Waals surface area (Å²) < 4.78 is 39.3. The maximum Gasteiger partial charge on any atom is 0.340 e. The number of rotatable bonds is 2. The van der Waals surface area contributed by atoms with Crippen LogP contribution >= 0.6 is 0 Å². The van der Waals surface area contributed by atoms with Gasteiger partial charge in [-0.3, -0.25) is 0 Å². The van der Waals surface area contributed by atoms with Crippen molar-refractivity contribution in [2.45, 2.75) is 11.8 Å². The highest BCUT2D eigenvalue weighted by Gasteiger charge is 2.24. The third kappa shape index (κ3) is 2.08. The highest BCUT2D eigenvalue weighted by Crippen LogP contribution is 2.22. The number of nitrogen functional groups attached to an aromatic ring is 1. The van der Waals surface area contributed by atoms with Gasteiger partial charge in [-0.25, -0.2) is 17.6 Å². The molecule has 3 aromatic rings. The standard InChI is InChI=1S/C14H12FN3O3S/c1-8-6-9(15)2-5-13(8)22(20,21)18-12-4-3-10(16)7-11(12)17-14(18)19/h2-7H,16H2,1H3,(H,17,19). The predicted octanol–water partition coefficient (Wildman–Crippen LogP) is 1.60. The molecule has 0 spiro atoms. The van der Waals surface area contributed by atoms with Gasteiger partial charge in [-0.1, -0.05) is 0 Å². The van der Waals surface area contributed by atoms with E-state index in [2.05, 4.69) is 4.98 Å². The van der Waals surface area contributed by atoms with Gasteiger partial charge in [0.25, 0.3) is 10.0 Å². The molecule has 1 heterocycles. The number of aromatic amines is 1. The van der Waals surface area contributed by atoms with Crippen LogP contribution in [0.5, 0.6) is 0 Å². The van der Waals surface area contributed by atoms with Crippen LogP contribution in [0.2, 0.25) is 0 Å². The van der Waals surface area contributed by atoms with Crippen molar-refractivity contribution in [3.63, 3.8) is 0 Å². The van der Waals surface area contributed by atoms with Crippen molar-refractivity contribution >= 4 is 26.7 Å². The Labute approximate surface area is 125 Å². The van der Waals surface area contributed by atoms with E-state index < -0.39 is 21.5 Å². The van der Waals surface area contributed by atoms with Crippen molar-refractivity contribution in [1.29, 1.82) is 0 Å². The maximum absolute atomic E-state index is 13.2. The van der Waals surface area contributed by atoms with Crippen LogP contribution in [0.3, 0.4) is 0 Å². The summed E-state index contributed by atoms with van der Waals surface area (Å²) in [6.07, 6.45) is 0. The molecule has 6 nitrogen and oxygen atoms in total. The lowest BCUT2D eigenvalue weighted by Crippen LogP contribution is -2.25. The third-order valence-corrected chi connectivity index (χ3v) is 5.18. The maximum atomic E-state index is 13.2. The first-order chi connectivity index (χ1) is 10.3. The molecule has 0 aliphatic heterocycles. The van der Waals surface area contributed by atoms with Gasteiger partial charge in [0.05, 0.1) is 15.9 Å². The SMILES string of the molecule is Cc1cc(F)ccc1S(=O)(=O)n1c(=O)[nH]c2cc(N)ccc21. The number of benzene rings is 2. The van der Waals surface area contributed by atoms with Crippen LogP contribution in [0.4, 0.5) is 10.1 Å². The zero-order chi connectivity index (χ0) is 16.1. The van der Waals surface area contributed by atoms with Crippen LogP contribution in [0, 0.1) is 12.7 Å². The molecular formula is C14H12FN3O3S. The lowest BCUT2D eigenvalue weighted by molar-refractivity contribution is 0.585. The van der Waals surface area contributed by atoms with Gasteiger partial charge in [-0.15, -0.1) is 0 Å². The Morgan fingerprint density at radius 3 is 2.59 bits per heavy atom. The minimum atomic E-state index is -4.15. The lowest BCUT2D eigenvalue weighted by Gasteiger charge is -2.08. The van der Waals surface area contributed by atoms with Crippen LogP contribution in [-0.2, 0) is 10.0 Å². The molecule has 2 aromatic carbocycles. The molecule has 0 amide bonds. The first kappa shape index (κ1) is 14.3. The van der Waals surface area contributed by atoms with Gasteiger partial charge in [-0.05, 0) is 48.9 Å². The molecule has 114 valence electrons. The second-order valence-electron chi connectivity index (χ2n) is 4.89. The average molecular weight is 321 g/mol. The Kier molecular flexibility index (Phi) is 3.06. The van der Waals surface area contributed by atoms with Gasteiger partial charge in [0.15, 0.2) is 0 Å². The Hall–Kier alpha value is -2.61. The minimum Gasteiger partial charge on any atom is -0.399 e. The fourth-order valence-electron chi connectivity index (χ4n) is 2.35. The molecule has 0 fully saturated rings. The van der Waals surface area contributed by atoms with Gasteiger partial charge < -0.3 is 10.7 Å². The molecule has 0 saturated carbocycles. The number of nitrogens with one attached hydrogen (secondary N) is 1. The van der Waals surface area contributed by atoms with Crippen LogP contribution in [0.15, 0.2) is 46.1 Å². The van der Waals surface area contributed by atoms with Crippen LogP contribution < -0.4 is 11.4 Å². The molecule has 0 bridgehead atoms. The van der Waals surface area contributed by atoms with E-state index >= 15 is 0 Å². The smallest absolute Gasteiger partial charge is 0.340 e. The molecular weight excluding hydrogens is 309 g/mol. The fourth-order valence-corrected chi connectivity index (χ4v) is 3.93. The van der Waals surface area contributed by atoms with Crippen molar-refractivity contribution < 1.29 is 12.8 Å². The number of nitrogens with two attached hydrogens (primary N) is 1. The van der Waals surface area contributed by atoms with E-state index in [-0.39, 0.29) is 16.0 Å². The topological polar surface area (TPSA) is 98.0 Å². The largest absolute Gasteiger partial charge is 0.399 e. The Balaban J connectivity index is 2.35. The van der Waals surface area contributed by atoms with E-state index in [1.807, 2.05) is 0 Å². The van der Waals surface area contributed by atoms with E-state index in [0.717, 1.165) is 18.2 Å². The number of fused-ring (bicyclic) bond motifs is 1. The number of H-pyrrole nitrogens is 1. The van der Waals surface area contributed by atoms with Crippen LogP contribution in [0.1, 0.15) is 5.56 Å². The van der Waals surface area contributed by atoms with Crippen molar-refractivity contribution in [2.75, 3.05) is 5.73 Å². The zero-order valence-corrected chi connectivity index (χ0v) is 12.3. The lowest BCUT2D eigenvalue weighted by atomic mass is 10.2. The summed E-state index contributed by atoms with van der Waals surface area (Å²) in [5.41, 5.74) is 5.94. The molecule has 1 aromatic heterocycles.